The fraction of sp³-hybridized carbons (Fsp3) is 0.500. The van der Waals surface area contributed by atoms with E-state index in [0.717, 1.165) is 12.8 Å². The highest BCUT2D eigenvalue weighted by atomic mass is 16.2. The molecule has 138 valence electrons. The Morgan fingerprint density at radius 1 is 1.38 bits per heavy atom. The molecule has 0 unspecified atom stereocenters. The molecule has 3 N–H and O–H groups in total. The van der Waals surface area contributed by atoms with E-state index in [1.54, 1.807) is 23.0 Å². The number of nitrogens with two attached hydrogens (primary N) is 1. The van der Waals surface area contributed by atoms with Crippen LogP contribution in [0.25, 0.3) is 11.0 Å². The van der Waals surface area contributed by atoms with Gasteiger partial charge in [-0.1, -0.05) is 20.8 Å². The quantitative estimate of drug-likeness (QED) is 0.731. The maximum absolute atomic E-state index is 12.7. The Morgan fingerprint density at radius 2 is 2.12 bits per heavy atom. The summed E-state index contributed by atoms with van der Waals surface area (Å²) in [4.78, 5) is 28.8. The second-order valence-electron chi connectivity index (χ2n) is 7.24. The Labute approximate surface area is 152 Å². The van der Waals surface area contributed by atoms with Gasteiger partial charge in [-0.2, -0.15) is 10.4 Å². The normalized spacial score (nSPS) is 12.5. The van der Waals surface area contributed by atoms with E-state index in [9.17, 15) is 9.59 Å². The Balaban J connectivity index is 2.30. The monoisotopic (exact) mass is 356 g/mol. The molecule has 0 saturated heterocycles. The van der Waals surface area contributed by atoms with Crippen LogP contribution in [-0.4, -0.2) is 32.6 Å². The van der Waals surface area contributed by atoms with Crippen LogP contribution in [0, 0.1) is 16.7 Å². The molecule has 0 aromatic carbocycles. The molecule has 2 rings (SSSR count). The number of nitrogens with one attached hydrogen (secondary N) is 1. The summed E-state index contributed by atoms with van der Waals surface area (Å²) in [7, 11) is 0. The van der Waals surface area contributed by atoms with E-state index in [1.807, 2.05) is 20.8 Å². The zero-order valence-corrected chi connectivity index (χ0v) is 15.3. The molecule has 8 heteroatoms. The number of fused-ring (bicyclic) bond motifs is 1. The lowest BCUT2D eigenvalue weighted by Crippen LogP contribution is -2.52. The van der Waals surface area contributed by atoms with Gasteiger partial charge in [0.15, 0.2) is 11.3 Å². The van der Waals surface area contributed by atoms with Crippen molar-refractivity contribution in [1.82, 2.24) is 20.1 Å². The molecule has 0 aliphatic carbocycles. The third kappa shape index (κ3) is 4.36. The van der Waals surface area contributed by atoms with Gasteiger partial charge in [0.2, 0.25) is 5.91 Å². The maximum Gasteiger partial charge on any atom is 0.273 e. The molecule has 1 atom stereocenters. The number of hydrogen-bond donors (Lipinski definition) is 2. The number of pyridine rings is 1. The Kier molecular flexibility index (Phi) is 5.93. The molecular weight excluding hydrogens is 332 g/mol. The SMILES string of the molecule is CC(C)(C)[C@H](NC(=O)c1nn(CCCCC#N)c2ncccc12)C(N)=O. The van der Waals surface area contributed by atoms with Gasteiger partial charge in [0, 0.05) is 19.2 Å². The third-order valence-corrected chi connectivity index (χ3v) is 4.06. The van der Waals surface area contributed by atoms with Gasteiger partial charge in [-0.05, 0) is 30.4 Å². The highest BCUT2D eigenvalue weighted by molar-refractivity contribution is 6.05. The van der Waals surface area contributed by atoms with E-state index in [0.29, 0.717) is 24.0 Å². The molecule has 8 nitrogen and oxygen atoms in total. The number of aryl methyl sites for hydroxylation is 1. The first kappa shape index (κ1) is 19.4. The van der Waals surface area contributed by atoms with E-state index in [4.69, 9.17) is 11.0 Å². The predicted octanol–water partition coefficient (Wildman–Crippen LogP) is 1.75. The van der Waals surface area contributed by atoms with E-state index in [2.05, 4.69) is 21.5 Å². The second-order valence-corrected chi connectivity index (χ2v) is 7.24. The lowest BCUT2D eigenvalue weighted by molar-refractivity contribution is -0.122. The van der Waals surface area contributed by atoms with Crippen molar-refractivity contribution in [2.45, 2.75) is 52.6 Å². The fourth-order valence-corrected chi connectivity index (χ4v) is 2.71. The van der Waals surface area contributed by atoms with Crippen molar-refractivity contribution in [3.05, 3.63) is 24.0 Å². The van der Waals surface area contributed by atoms with Crippen LogP contribution in [0.4, 0.5) is 0 Å². The minimum atomic E-state index is -0.817. The van der Waals surface area contributed by atoms with Crippen molar-refractivity contribution >= 4 is 22.8 Å². The van der Waals surface area contributed by atoms with Crippen LogP contribution < -0.4 is 11.1 Å². The van der Waals surface area contributed by atoms with Crippen molar-refractivity contribution < 1.29 is 9.59 Å². The van der Waals surface area contributed by atoms with Gasteiger partial charge in [-0.15, -0.1) is 0 Å². The standard InChI is InChI=1S/C18H24N6O2/c1-18(2,3)14(15(20)25)22-17(26)13-12-8-7-10-21-16(12)24(23-13)11-6-4-5-9-19/h7-8,10,14H,4-6,11H2,1-3H3,(H2,20,25)(H,22,26)/t14-/m1/s1. The maximum atomic E-state index is 12.7. The molecule has 2 aromatic heterocycles. The van der Waals surface area contributed by atoms with Gasteiger partial charge in [0.1, 0.15) is 6.04 Å². The number of aromatic nitrogens is 3. The summed E-state index contributed by atoms with van der Waals surface area (Å²) in [5.74, 6) is -1.05. The summed E-state index contributed by atoms with van der Waals surface area (Å²) < 4.78 is 1.66. The lowest BCUT2D eigenvalue weighted by Gasteiger charge is -2.28. The molecule has 26 heavy (non-hydrogen) atoms. The van der Waals surface area contributed by atoms with Gasteiger partial charge in [0.05, 0.1) is 11.5 Å². The fourth-order valence-electron chi connectivity index (χ4n) is 2.71. The zero-order valence-electron chi connectivity index (χ0n) is 15.3. The Bertz CT molecular complexity index is 843. The van der Waals surface area contributed by atoms with Gasteiger partial charge in [-0.25, -0.2) is 9.67 Å². The third-order valence-electron chi connectivity index (χ3n) is 4.06. The highest BCUT2D eigenvalue weighted by Gasteiger charge is 2.32. The predicted molar refractivity (Wildman–Crippen MR) is 96.9 cm³/mol. The number of nitrogens with zero attached hydrogens (tertiary/aromatic N) is 4. The van der Waals surface area contributed by atoms with Crippen molar-refractivity contribution in [1.29, 1.82) is 5.26 Å². The van der Waals surface area contributed by atoms with Crippen molar-refractivity contribution in [2.24, 2.45) is 11.1 Å². The first-order valence-electron chi connectivity index (χ1n) is 8.54. The van der Waals surface area contributed by atoms with Crippen molar-refractivity contribution in [2.75, 3.05) is 0 Å². The van der Waals surface area contributed by atoms with Crippen LogP contribution in [0.15, 0.2) is 18.3 Å². The van der Waals surface area contributed by atoms with Gasteiger partial charge in [0.25, 0.3) is 5.91 Å². The topological polar surface area (TPSA) is 127 Å². The molecule has 0 saturated carbocycles. The number of unbranched alkanes of at least 4 members (excludes halogenated alkanes) is 2. The molecule has 2 amide bonds. The number of primary amides is 1. The van der Waals surface area contributed by atoms with Crippen LogP contribution in [0.2, 0.25) is 0 Å². The summed E-state index contributed by atoms with van der Waals surface area (Å²) >= 11 is 0. The molecule has 0 aliphatic rings. The average molecular weight is 356 g/mol. The Morgan fingerprint density at radius 3 is 2.73 bits per heavy atom. The minimum absolute atomic E-state index is 0.212. The van der Waals surface area contributed by atoms with Crippen LogP contribution in [0.5, 0.6) is 0 Å². The molecular formula is C18H24N6O2. The van der Waals surface area contributed by atoms with Crippen LogP contribution in [0.3, 0.4) is 0 Å². The number of carbonyl (C=O) groups is 2. The molecule has 0 fully saturated rings. The Hall–Kier alpha value is -2.95. The van der Waals surface area contributed by atoms with E-state index < -0.39 is 23.3 Å². The largest absolute Gasteiger partial charge is 0.368 e. The first-order chi connectivity index (χ1) is 12.3. The number of amides is 2. The number of carbonyl (C=O) groups excluding carboxylic acids is 2. The summed E-state index contributed by atoms with van der Waals surface area (Å²) in [6.45, 7) is 6.05. The minimum Gasteiger partial charge on any atom is -0.368 e. The van der Waals surface area contributed by atoms with Crippen LogP contribution >= 0.6 is 0 Å². The second kappa shape index (κ2) is 7.95. The zero-order chi connectivity index (χ0) is 19.3. The average Bonchev–Trinajstić information content (AvgIpc) is 2.94. The van der Waals surface area contributed by atoms with E-state index in [1.165, 1.54) is 0 Å². The van der Waals surface area contributed by atoms with Crippen LogP contribution in [0.1, 0.15) is 50.5 Å². The summed E-state index contributed by atoms with van der Waals surface area (Å²) in [6.07, 6.45) is 3.62. The molecule has 0 aliphatic heterocycles. The van der Waals surface area contributed by atoms with E-state index in [-0.39, 0.29) is 5.69 Å². The van der Waals surface area contributed by atoms with Crippen molar-refractivity contribution in [3.8, 4) is 6.07 Å². The first-order valence-corrected chi connectivity index (χ1v) is 8.54. The number of nitriles is 1. The summed E-state index contributed by atoms with van der Waals surface area (Å²) in [6, 6.07) is 4.79. The van der Waals surface area contributed by atoms with E-state index >= 15 is 0 Å². The van der Waals surface area contributed by atoms with Gasteiger partial charge in [-0.3, -0.25) is 9.59 Å². The summed E-state index contributed by atoms with van der Waals surface area (Å²) in [5.41, 5.74) is 5.73. The smallest absolute Gasteiger partial charge is 0.273 e. The molecule has 0 radical (unpaired) electrons. The number of rotatable bonds is 7. The van der Waals surface area contributed by atoms with Gasteiger partial charge >= 0.3 is 0 Å². The molecule has 2 heterocycles. The molecule has 0 spiro atoms. The highest BCUT2D eigenvalue weighted by Crippen LogP contribution is 2.21. The van der Waals surface area contributed by atoms with Crippen molar-refractivity contribution in [3.63, 3.8) is 0 Å². The number of hydrogen-bond acceptors (Lipinski definition) is 5. The summed E-state index contributed by atoms with van der Waals surface area (Å²) in [5, 5.41) is 16.3. The molecule has 2 aromatic rings. The molecule has 0 bridgehead atoms. The lowest BCUT2D eigenvalue weighted by atomic mass is 9.86. The van der Waals surface area contributed by atoms with Crippen LogP contribution in [-0.2, 0) is 11.3 Å². The van der Waals surface area contributed by atoms with Gasteiger partial charge < -0.3 is 11.1 Å².